The van der Waals surface area contributed by atoms with Crippen molar-refractivity contribution in [1.82, 2.24) is 0 Å². The van der Waals surface area contributed by atoms with Gasteiger partial charge in [0.25, 0.3) is 0 Å². The molecule has 0 saturated carbocycles. The predicted molar refractivity (Wildman–Crippen MR) is 70.4 cm³/mol. The first-order valence-corrected chi connectivity index (χ1v) is 5.95. The fourth-order valence-electron chi connectivity index (χ4n) is 1.85. The van der Waals surface area contributed by atoms with Gasteiger partial charge in [0.15, 0.2) is 11.6 Å². The van der Waals surface area contributed by atoms with E-state index in [9.17, 15) is 8.78 Å². The first-order chi connectivity index (χ1) is 9.04. The van der Waals surface area contributed by atoms with E-state index in [0.717, 1.165) is 0 Å². The van der Waals surface area contributed by atoms with Crippen LogP contribution in [-0.4, -0.2) is 7.11 Å². The minimum absolute atomic E-state index is 0.107. The van der Waals surface area contributed by atoms with E-state index >= 15 is 0 Å². The van der Waals surface area contributed by atoms with Gasteiger partial charge in [-0.05, 0) is 29.8 Å². The Morgan fingerprint density at radius 2 is 1.89 bits per heavy atom. The van der Waals surface area contributed by atoms with E-state index in [-0.39, 0.29) is 16.3 Å². The maximum Gasteiger partial charge on any atom is 0.165 e. The van der Waals surface area contributed by atoms with Gasteiger partial charge in [-0.3, -0.25) is 0 Å². The largest absolute Gasteiger partial charge is 0.494 e. The molecule has 2 aromatic rings. The van der Waals surface area contributed by atoms with Gasteiger partial charge in [-0.1, -0.05) is 23.7 Å². The minimum Gasteiger partial charge on any atom is -0.494 e. The first-order valence-electron chi connectivity index (χ1n) is 5.57. The molecule has 19 heavy (non-hydrogen) atoms. The van der Waals surface area contributed by atoms with Crippen LogP contribution >= 0.6 is 11.6 Å². The van der Waals surface area contributed by atoms with Crippen LogP contribution in [0.4, 0.5) is 8.78 Å². The van der Waals surface area contributed by atoms with Crippen molar-refractivity contribution in [2.24, 2.45) is 5.73 Å². The normalized spacial score (nSPS) is 12.3. The van der Waals surface area contributed by atoms with E-state index < -0.39 is 17.7 Å². The smallest absolute Gasteiger partial charge is 0.165 e. The zero-order chi connectivity index (χ0) is 14.0. The third-order valence-corrected chi connectivity index (χ3v) is 3.18. The van der Waals surface area contributed by atoms with Crippen LogP contribution in [0, 0.1) is 11.6 Å². The molecule has 2 N–H and O–H groups in total. The monoisotopic (exact) mass is 283 g/mol. The van der Waals surface area contributed by atoms with E-state index in [1.165, 1.54) is 31.4 Å². The highest BCUT2D eigenvalue weighted by Crippen LogP contribution is 2.30. The van der Waals surface area contributed by atoms with Gasteiger partial charge >= 0.3 is 0 Å². The van der Waals surface area contributed by atoms with E-state index in [1.54, 1.807) is 12.1 Å². The molecule has 100 valence electrons. The lowest BCUT2D eigenvalue weighted by Gasteiger charge is -2.15. The Hall–Kier alpha value is -1.65. The predicted octanol–water partition coefficient (Wildman–Crippen LogP) is 3.67. The summed E-state index contributed by atoms with van der Waals surface area (Å²) >= 11 is 5.93. The molecule has 0 spiro atoms. The summed E-state index contributed by atoms with van der Waals surface area (Å²) in [5, 5.41) is 0.212. The van der Waals surface area contributed by atoms with Gasteiger partial charge in [0, 0.05) is 10.6 Å². The van der Waals surface area contributed by atoms with E-state index in [2.05, 4.69) is 0 Å². The fourth-order valence-corrected chi connectivity index (χ4v) is 2.13. The van der Waals surface area contributed by atoms with Gasteiger partial charge in [-0.25, -0.2) is 8.78 Å². The van der Waals surface area contributed by atoms with Crippen molar-refractivity contribution >= 4 is 11.6 Å². The van der Waals surface area contributed by atoms with Crippen LogP contribution < -0.4 is 10.5 Å². The van der Waals surface area contributed by atoms with Crippen LogP contribution in [0.25, 0.3) is 0 Å². The van der Waals surface area contributed by atoms with Gasteiger partial charge in [0.2, 0.25) is 0 Å². The van der Waals surface area contributed by atoms with Crippen molar-refractivity contribution in [2.75, 3.05) is 7.11 Å². The molecule has 0 radical (unpaired) electrons. The summed E-state index contributed by atoms with van der Waals surface area (Å²) in [7, 11) is 1.37. The lowest BCUT2D eigenvalue weighted by Crippen LogP contribution is -2.14. The summed E-state index contributed by atoms with van der Waals surface area (Å²) in [6, 6.07) is 7.69. The third kappa shape index (κ3) is 2.69. The van der Waals surface area contributed by atoms with E-state index in [0.29, 0.717) is 5.56 Å². The van der Waals surface area contributed by atoms with Crippen LogP contribution in [0.3, 0.4) is 0 Å². The number of ether oxygens (including phenoxy) is 1. The van der Waals surface area contributed by atoms with Crippen molar-refractivity contribution < 1.29 is 13.5 Å². The molecule has 0 aliphatic carbocycles. The van der Waals surface area contributed by atoms with Crippen molar-refractivity contribution in [1.29, 1.82) is 0 Å². The summed E-state index contributed by atoms with van der Waals surface area (Å²) in [5.74, 6) is -0.963. The summed E-state index contributed by atoms with van der Waals surface area (Å²) in [6.45, 7) is 0. The van der Waals surface area contributed by atoms with E-state index in [4.69, 9.17) is 22.1 Å². The van der Waals surface area contributed by atoms with Gasteiger partial charge in [0.1, 0.15) is 5.82 Å². The fraction of sp³-hybridized carbons (Fsp3) is 0.143. The molecule has 0 aliphatic heterocycles. The lowest BCUT2D eigenvalue weighted by atomic mass is 9.99. The van der Waals surface area contributed by atoms with Crippen LogP contribution in [-0.2, 0) is 0 Å². The summed E-state index contributed by atoms with van der Waals surface area (Å²) in [6.07, 6.45) is 0. The molecule has 1 atom stereocenters. The molecule has 1 unspecified atom stereocenters. The quantitative estimate of drug-likeness (QED) is 0.933. The maximum atomic E-state index is 13.7. The van der Waals surface area contributed by atoms with Crippen LogP contribution in [0.5, 0.6) is 5.75 Å². The second-order valence-corrected chi connectivity index (χ2v) is 4.41. The Labute approximate surface area is 114 Å². The SMILES string of the molecule is COc1ccc(C(N)c2c(F)cccc2Cl)cc1F. The van der Waals surface area contributed by atoms with Gasteiger partial charge in [-0.15, -0.1) is 0 Å². The molecule has 2 rings (SSSR count). The summed E-state index contributed by atoms with van der Waals surface area (Å²) in [5.41, 5.74) is 6.52. The highest BCUT2D eigenvalue weighted by atomic mass is 35.5. The number of rotatable bonds is 3. The number of hydrogen-bond donors (Lipinski definition) is 1. The number of methoxy groups -OCH3 is 1. The molecule has 2 aromatic carbocycles. The third-order valence-electron chi connectivity index (χ3n) is 2.85. The van der Waals surface area contributed by atoms with Crippen LogP contribution in [0.15, 0.2) is 36.4 Å². The molecule has 0 fully saturated rings. The number of benzene rings is 2. The molecular weight excluding hydrogens is 272 g/mol. The topological polar surface area (TPSA) is 35.2 Å². The van der Waals surface area contributed by atoms with Gasteiger partial charge in [-0.2, -0.15) is 0 Å². The second kappa shape index (κ2) is 5.55. The molecule has 0 saturated heterocycles. The molecular formula is C14H12ClF2NO. The van der Waals surface area contributed by atoms with Gasteiger partial charge in [0.05, 0.1) is 13.2 Å². The Kier molecular flexibility index (Phi) is 4.02. The highest BCUT2D eigenvalue weighted by Gasteiger charge is 2.18. The highest BCUT2D eigenvalue weighted by molar-refractivity contribution is 6.31. The standard InChI is InChI=1S/C14H12ClF2NO/c1-19-12-6-5-8(7-11(12)17)14(18)13-9(15)3-2-4-10(13)16/h2-7,14H,18H2,1H3. The molecule has 0 heterocycles. The Morgan fingerprint density at radius 3 is 2.47 bits per heavy atom. The zero-order valence-corrected chi connectivity index (χ0v) is 10.9. The van der Waals surface area contributed by atoms with Crippen molar-refractivity contribution in [3.63, 3.8) is 0 Å². The molecule has 5 heteroatoms. The molecule has 0 bridgehead atoms. The molecule has 0 amide bonds. The Morgan fingerprint density at radius 1 is 1.16 bits per heavy atom. The Balaban J connectivity index is 2.44. The average molecular weight is 284 g/mol. The average Bonchev–Trinajstić information content (AvgIpc) is 2.38. The molecule has 0 aromatic heterocycles. The summed E-state index contributed by atoms with van der Waals surface area (Å²) in [4.78, 5) is 0. The lowest BCUT2D eigenvalue weighted by molar-refractivity contribution is 0.386. The zero-order valence-electron chi connectivity index (χ0n) is 10.2. The van der Waals surface area contributed by atoms with Crippen molar-refractivity contribution in [3.05, 3.63) is 64.2 Å². The van der Waals surface area contributed by atoms with E-state index in [1.807, 2.05) is 0 Å². The molecule has 0 aliphatic rings. The van der Waals surface area contributed by atoms with Crippen LogP contribution in [0.2, 0.25) is 5.02 Å². The van der Waals surface area contributed by atoms with Crippen LogP contribution in [0.1, 0.15) is 17.2 Å². The number of halogens is 3. The van der Waals surface area contributed by atoms with Gasteiger partial charge < -0.3 is 10.5 Å². The minimum atomic E-state index is -0.839. The summed E-state index contributed by atoms with van der Waals surface area (Å²) < 4.78 is 32.2. The maximum absolute atomic E-state index is 13.7. The number of nitrogens with two attached hydrogens (primary N) is 1. The Bertz CT molecular complexity index is 584. The number of hydrogen-bond acceptors (Lipinski definition) is 2. The molecule has 2 nitrogen and oxygen atoms in total. The second-order valence-electron chi connectivity index (χ2n) is 4.01. The first kappa shape index (κ1) is 13.8. The van der Waals surface area contributed by atoms with Crippen molar-refractivity contribution in [2.45, 2.75) is 6.04 Å². The van der Waals surface area contributed by atoms with Crippen molar-refractivity contribution in [3.8, 4) is 5.75 Å².